The van der Waals surface area contributed by atoms with E-state index in [0.29, 0.717) is 11.4 Å². The molecule has 0 saturated carbocycles. The van der Waals surface area contributed by atoms with Crippen molar-refractivity contribution in [2.24, 2.45) is 7.05 Å². The standard InChI is InChI=1S/C23H24N4O2/c1-4-15-10-12-16(13-11-15)19-18-14(2)26-27(3)21(18)25-23(29)20(19)24-22(28)17-8-6-5-7-9-17/h5-13,19-20H,4H2,1-3H3,(H,24,28)(H,25,29)/t19-,20+/m1/s1. The van der Waals surface area contributed by atoms with E-state index in [1.165, 1.54) is 5.56 Å². The van der Waals surface area contributed by atoms with Crippen LogP contribution < -0.4 is 10.6 Å². The van der Waals surface area contributed by atoms with Crippen molar-refractivity contribution in [2.45, 2.75) is 32.2 Å². The molecule has 6 nitrogen and oxygen atoms in total. The number of fused-ring (bicyclic) bond motifs is 1. The lowest BCUT2D eigenvalue weighted by Gasteiger charge is -2.32. The van der Waals surface area contributed by atoms with Crippen LogP contribution in [0.1, 0.15) is 45.6 Å². The molecule has 4 rings (SSSR count). The van der Waals surface area contributed by atoms with Gasteiger partial charge in [0.25, 0.3) is 5.91 Å². The van der Waals surface area contributed by atoms with Gasteiger partial charge in [-0.2, -0.15) is 5.10 Å². The van der Waals surface area contributed by atoms with Gasteiger partial charge in [0.05, 0.1) is 5.69 Å². The molecule has 0 bridgehead atoms. The zero-order valence-electron chi connectivity index (χ0n) is 16.8. The predicted octanol–water partition coefficient (Wildman–Crippen LogP) is 3.17. The fourth-order valence-electron chi connectivity index (χ4n) is 3.99. The van der Waals surface area contributed by atoms with Crippen molar-refractivity contribution in [3.05, 3.63) is 82.5 Å². The highest BCUT2D eigenvalue weighted by atomic mass is 16.2. The molecular weight excluding hydrogens is 364 g/mol. The summed E-state index contributed by atoms with van der Waals surface area (Å²) in [5.74, 6) is -0.145. The van der Waals surface area contributed by atoms with Gasteiger partial charge in [-0.1, -0.05) is 49.4 Å². The molecule has 0 unspecified atom stereocenters. The highest BCUT2D eigenvalue weighted by Crippen LogP contribution is 2.39. The van der Waals surface area contributed by atoms with Crippen molar-refractivity contribution < 1.29 is 9.59 Å². The third-order valence-electron chi connectivity index (χ3n) is 5.51. The van der Waals surface area contributed by atoms with Gasteiger partial charge in [0, 0.05) is 24.1 Å². The summed E-state index contributed by atoms with van der Waals surface area (Å²) in [7, 11) is 1.81. The molecule has 2 N–H and O–H groups in total. The fourth-order valence-corrected chi connectivity index (χ4v) is 3.99. The topological polar surface area (TPSA) is 76.0 Å². The van der Waals surface area contributed by atoms with Crippen molar-refractivity contribution in [1.82, 2.24) is 15.1 Å². The number of hydrogen-bond donors (Lipinski definition) is 2. The van der Waals surface area contributed by atoms with Crippen LogP contribution in [0.25, 0.3) is 0 Å². The maximum absolute atomic E-state index is 13.0. The molecule has 2 amide bonds. The summed E-state index contributed by atoms with van der Waals surface area (Å²) in [4.78, 5) is 25.9. The maximum atomic E-state index is 13.0. The molecule has 3 aromatic rings. The molecular formula is C23H24N4O2. The first-order chi connectivity index (χ1) is 14.0. The zero-order valence-corrected chi connectivity index (χ0v) is 16.8. The van der Waals surface area contributed by atoms with Crippen LogP contribution in [0.15, 0.2) is 54.6 Å². The lowest BCUT2D eigenvalue weighted by molar-refractivity contribution is -0.118. The van der Waals surface area contributed by atoms with Crippen molar-refractivity contribution >= 4 is 17.6 Å². The molecule has 0 radical (unpaired) electrons. The first kappa shape index (κ1) is 18.9. The number of aryl methyl sites for hydroxylation is 3. The van der Waals surface area contributed by atoms with Gasteiger partial charge < -0.3 is 10.6 Å². The van der Waals surface area contributed by atoms with E-state index in [9.17, 15) is 9.59 Å². The molecule has 2 atom stereocenters. The van der Waals surface area contributed by atoms with Gasteiger partial charge in [0.1, 0.15) is 11.9 Å². The van der Waals surface area contributed by atoms with Crippen LogP contribution in [0, 0.1) is 6.92 Å². The van der Waals surface area contributed by atoms with Crippen molar-refractivity contribution in [3.8, 4) is 0 Å². The molecule has 0 spiro atoms. The Bertz CT molecular complexity index is 1050. The summed E-state index contributed by atoms with van der Waals surface area (Å²) >= 11 is 0. The molecule has 1 aliphatic rings. The van der Waals surface area contributed by atoms with Crippen molar-refractivity contribution in [1.29, 1.82) is 0 Å². The maximum Gasteiger partial charge on any atom is 0.251 e. The minimum atomic E-state index is -0.731. The second kappa shape index (κ2) is 7.54. The van der Waals surface area contributed by atoms with E-state index in [0.717, 1.165) is 23.2 Å². The molecule has 0 fully saturated rings. The molecule has 2 heterocycles. The second-order valence-corrected chi connectivity index (χ2v) is 7.35. The smallest absolute Gasteiger partial charge is 0.251 e. The summed E-state index contributed by atoms with van der Waals surface area (Å²) in [5, 5.41) is 10.4. The Balaban J connectivity index is 1.78. The number of nitrogens with zero attached hydrogens (tertiary/aromatic N) is 2. The summed E-state index contributed by atoms with van der Waals surface area (Å²) in [6.07, 6.45) is 0.941. The third-order valence-corrected chi connectivity index (χ3v) is 5.51. The normalized spacial score (nSPS) is 18.1. The summed E-state index contributed by atoms with van der Waals surface area (Å²) in [6.45, 7) is 4.04. The number of amides is 2. The highest BCUT2D eigenvalue weighted by Gasteiger charge is 2.41. The summed E-state index contributed by atoms with van der Waals surface area (Å²) in [5.41, 5.74) is 4.50. The number of carbonyl (C=O) groups is 2. The molecule has 29 heavy (non-hydrogen) atoms. The molecule has 1 aliphatic heterocycles. The first-order valence-corrected chi connectivity index (χ1v) is 9.78. The van der Waals surface area contributed by atoms with E-state index in [-0.39, 0.29) is 17.7 Å². The van der Waals surface area contributed by atoms with Gasteiger partial charge in [0.15, 0.2) is 0 Å². The van der Waals surface area contributed by atoms with Gasteiger partial charge in [-0.05, 0) is 36.6 Å². The average Bonchev–Trinajstić information content (AvgIpc) is 3.02. The van der Waals surface area contributed by atoms with Gasteiger partial charge in [0.2, 0.25) is 5.91 Å². The Labute approximate surface area is 169 Å². The quantitative estimate of drug-likeness (QED) is 0.721. The Morgan fingerprint density at radius 3 is 2.48 bits per heavy atom. The second-order valence-electron chi connectivity index (χ2n) is 7.35. The minimum Gasteiger partial charge on any atom is -0.339 e. The van der Waals surface area contributed by atoms with Crippen LogP contribution in [0.5, 0.6) is 0 Å². The average molecular weight is 388 g/mol. The number of carbonyl (C=O) groups excluding carboxylic acids is 2. The first-order valence-electron chi connectivity index (χ1n) is 9.78. The summed E-state index contributed by atoms with van der Waals surface area (Å²) < 4.78 is 1.69. The van der Waals surface area contributed by atoms with Gasteiger partial charge in [-0.15, -0.1) is 0 Å². The minimum absolute atomic E-state index is 0.241. The largest absolute Gasteiger partial charge is 0.339 e. The number of hydrogen-bond acceptors (Lipinski definition) is 3. The van der Waals surface area contributed by atoms with Crippen LogP contribution >= 0.6 is 0 Å². The van der Waals surface area contributed by atoms with Crippen LogP contribution in [-0.4, -0.2) is 27.6 Å². The number of nitrogens with one attached hydrogen (secondary N) is 2. The zero-order chi connectivity index (χ0) is 20.5. The Morgan fingerprint density at radius 1 is 1.14 bits per heavy atom. The van der Waals surface area contributed by atoms with E-state index < -0.39 is 6.04 Å². The highest BCUT2D eigenvalue weighted by molar-refractivity contribution is 6.03. The number of benzene rings is 2. The van der Waals surface area contributed by atoms with E-state index >= 15 is 0 Å². The lowest BCUT2D eigenvalue weighted by atomic mass is 9.81. The Hall–Kier alpha value is -3.41. The Morgan fingerprint density at radius 2 is 1.83 bits per heavy atom. The van der Waals surface area contributed by atoms with Gasteiger partial charge in [-0.3, -0.25) is 14.3 Å². The molecule has 148 valence electrons. The van der Waals surface area contributed by atoms with Crippen LogP contribution in [0.2, 0.25) is 0 Å². The van der Waals surface area contributed by atoms with Gasteiger partial charge in [-0.25, -0.2) is 0 Å². The SMILES string of the molecule is CCc1ccc([C@@H]2c3c(C)nn(C)c3NC(=O)[C@H]2NC(=O)c2ccccc2)cc1. The van der Waals surface area contributed by atoms with Crippen molar-refractivity contribution in [3.63, 3.8) is 0 Å². The lowest BCUT2D eigenvalue weighted by Crippen LogP contribution is -2.50. The molecule has 6 heteroatoms. The number of aromatic nitrogens is 2. The van der Waals surface area contributed by atoms with Crippen LogP contribution in [0.4, 0.5) is 5.82 Å². The Kier molecular flexibility index (Phi) is 4.92. The van der Waals surface area contributed by atoms with Crippen molar-refractivity contribution in [2.75, 3.05) is 5.32 Å². The molecule has 1 aromatic heterocycles. The number of rotatable bonds is 4. The van der Waals surface area contributed by atoms with E-state index in [4.69, 9.17) is 0 Å². The molecule has 0 saturated heterocycles. The van der Waals surface area contributed by atoms with Crippen LogP contribution in [0.3, 0.4) is 0 Å². The van der Waals surface area contributed by atoms with E-state index in [1.807, 2.05) is 32.2 Å². The summed E-state index contributed by atoms with van der Waals surface area (Å²) in [6, 6.07) is 16.4. The molecule has 0 aliphatic carbocycles. The van der Waals surface area contributed by atoms with E-state index in [1.54, 1.807) is 28.9 Å². The van der Waals surface area contributed by atoms with Gasteiger partial charge >= 0.3 is 0 Å². The molecule has 2 aromatic carbocycles. The monoisotopic (exact) mass is 388 g/mol. The van der Waals surface area contributed by atoms with E-state index in [2.05, 4.69) is 34.8 Å². The predicted molar refractivity (Wildman–Crippen MR) is 112 cm³/mol. The number of anilines is 1. The fraction of sp³-hybridized carbons (Fsp3) is 0.261. The van der Waals surface area contributed by atoms with Crippen LogP contribution in [-0.2, 0) is 18.3 Å². The third kappa shape index (κ3) is 3.42.